The molecule has 0 saturated heterocycles. The Morgan fingerprint density at radius 3 is 2.29 bits per heavy atom. The van der Waals surface area contributed by atoms with Gasteiger partial charge in [-0.3, -0.25) is 4.79 Å². The molecule has 0 spiro atoms. The van der Waals surface area contributed by atoms with Crippen LogP contribution in [0.15, 0.2) is 36.4 Å². The van der Waals surface area contributed by atoms with Gasteiger partial charge in [0.2, 0.25) is 0 Å². The standard InChI is InChI=1S/C10H10O3.C10H14O3.2CH4/c1-6-4-10(12)13-9-5-7(11)2-3-8(6)9;1-7(4-5-11)9-3-2-8(12)6-10(9)13;;/h2-3,5-6,11H,4H2,1H3;2-3,6-7,11-13H,4-5H2,1H3;2*1H4. The van der Waals surface area contributed by atoms with E-state index in [9.17, 15) is 9.90 Å². The number of esters is 1. The van der Waals surface area contributed by atoms with Crippen LogP contribution in [0.25, 0.3) is 0 Å². The second-order valence-corrected chi connectivity index (χ2v) is 6.46. The third kappa shape index (κ3) is 6.46. The number of aliphatic hydroxyl groups excluding tert-OH is 1. The van der Waals surface area contributed by atoms with Crippen LogP contribution in [0.4, 0.5) is 0 Å². The molecule has 2 aromatic rings. The fourth-order valence-electron chi connectivity index (χ4n) is 2.84. The highest BCUT2D eigenvalue weighted by Crippen LogP contribution is 2.35. The fourth-order valence-corrected chi connectivity index (χ4v) is 2.84. The molecule has 0 fully saturated rings. The van der Waals surface area contributed by atoms with E-state index in [2.05, 4.69) is 0 Å². The van der Waals surface area contributed by atoms with Gasteiger partial charge in [-0.15, -0.1) is 0 Å². The number of fused-ring (bicyclic) bond motifs is 1. The number of benzene rings is 2. The predicted octanol–water partition coefficient (Wildman–Crippen LogP) is 4.66. The summed E-state index contributed by atoms with van der Waals surface area (Å²) in [6.45, 7) is 3.99. The van der Waals surface area contributed by atoms with E-state index in [4.69, 9.17) is 20.1 Å². The van der Waals surface area contributed by atoms with Crippen molar-refractivity contribution in [2.45, 2.75) is 53.4 Å². The summed E-state index contributed by atoms with van der Waals surface area (Å²) in [5.74, 6) is 0.802. The van der Waals surface area contributed by atoms with Gasteiger partial charge < -0.3 is 25.2 Å². The Morgan fingerprint density at radius 1 is 1.07 bits per heavy atom. The second kappa shape index (κ2) is 11.2. The first-order chi connectivity index (χ1) is 12.3. The number of phenolic OH excluding ortho intramolecular Hbond substituents is 3. The summed E-state index contributed by atoms with van der Waals surface area (Å²) in [5, 5.41) is 36.4. The Kier molecular flexibility index (Phi) is 10.1. The van der Waals surface area contributed by atoms with Gasteiger partial charge in [-0.2, -0.15) is 0 Å². The first kappa shape index (κ1) is 25.3. The molecule has 1 aliphatic heterocycles. The summed E-state index contributed by atoms with van der Waals surface area (Å²) in [6, 6.07) is 9.39. The van der Waals surface area contributed by atoms with Crippen molar-refractivity contribution in [1.29, 1.82) is 0 Å². The van der Waals surface area contributed by atoms with Crippen LogP contribution in [-0.4, -0.2) is 33.0 Å². The summed E-state index contributed by atoms with van der Waals surface area (Å²) in [5.41, 5.74) is 1.74. The van der Waals surface area contributed by atoms with E-state index in [0.717, 1.165) is 11.1 Å². The van der Waals surface area contributed by atoms with Crippen molar-refractivity contribution >= 4 is 5.97 Å². The molecule has 2 aromatic carbocycles. The van der Waals surface area contributed by atoms with Crippen molar-refractivity contribution in [3.05, 3.63) is 47.5 Å². The van der Waals surface area contributed by atoms with Gasteiger partial charge in [0.05, 0.1) is 6.42 Å². The van der Waals surface area contributed by atoms with Crippen LogP contribution >= 0.6 is 0 Å². The lowest BCUT2D eigenvalue weighted by Gasteiger charge is -2.20. The summed E-state index contributed by atoms with van der Waals surface area (Å²) in [7, 11) is 0. The number of ether oxygens (including phenoxy) is 1. The lowest BCUT2D eigenvalue weighted by atomic mass is 9.95. The zero-order valence-electron chi connectivity index (χ0n) is 14.8. The number of hydrogen-bond donors (Lipinski definition) is 4. The Morgan fingerprint density at radius 2 is 1.68 bits per heavy atom. The molecule has 1 heterocycles. The normalized spacial score (nSPS) is 15.5. The van der Waals surface area contributed by atoms with Gasteiger partial charge in [0.25, 0.3) is 0 Å². The quantitative estimate of drug-likeness (QED) is 0.447. The maximum Gasteiger partial charge on any atom is 0.311 e. The predicted molar refractivity (Wildman–Crippen MR) is 110 cm³/mol. The Hall–Kier alpha value is -2.73. The molecule has 1 aliphatic rings. The summed E-state index contributed by atoms with van der Waals surface area (Å²) in [6.07, 6.45) is 1.02. The fraction of sp³-hybridized carbons (Fsp3) is 0.409. The minimum Gasteiger partial charge on any atom is -0.508 e. The van der Waals surface area contributed by atoms with Gasteiger partial charge >= 0.3 is 5.97 Å². The number of aromatic hydroxyl groups is 3. The molecule has 6 heteroatoms. The summed E-state index contributed by atoms with van der Waals surface area (Å²) >= 11 is 0. The number of carbonyl (C=O) groups is 1. The molecule has 156 valence electrons. The maximum absolute atomic E-state index is 11.0. The van der Waals surface area contributed by atoms with Crippen molar-refractivity contribution in [1.82, 2.24) is 0 Å². The average Bonchev–Trinajstić information content (AvgIpc) is 2.54. The average molecular weight is 392 g/mol. The van der Waals surface area contributed by atoms with E-state index in [1.165, 1.54) is 18.2 Å². The van der Waals surface area contributed by atoms with Gasteiger partial charge in [-0.05, 0) is 41.5 Å². The van der Waals surface area contributed by atoms with Crippen LogP contribution in [0, 0.1) is 0 Å². The van der Waals surface area contributed by atoms with E-state index < -0.39 is 0 Å². The number of aliphatic hydroxyl groups is 1. The molecule has 28 heavy (non-hydrogen) atoms. The Balaban J connectivity index is 0.000000486. The largest absolute Gasteiger partial charge is 0.508 e. The molecular weight excluding hydrogens is 360 g/mol. The van der Waals surface area contributed by atoms with Gasteiger partial charge in [-0.25, -0.2) is 0 Å². The van der Waals surface area contributed by atoms with Gasteiger partial charge in [0.15, 0.2) is 0 Å². The maximum atomic E-state index is 11.0. The lowest BCUT2D eigenvalue weighted by Crippen LogP contribution is -2.18. The smallest absolute Gasteiger partial charge is 0.311 e. The molecule has 0 bridgehead atoms. The highest BCUT2D eigenvalue weighted by molar-refractivity contribution is 5.76. The molecule has 0 aromatic heterocycles. The summed E-state index contributed by atoms with van der Waals surface area (Å²) in [4.78, 5) is 11.0. The number of rotatable bonds is 3. The van der Waals surface area contributed by atoms with Gasteiger partial charge in [0.1, 0.15) is 23.0 Å². The number of phenols is 3. The lowest BCUT2D eigenvalue weighted by molar-refractivity contribution is -0.135. The number of hydrogen-bond acceptors (Lipinski definition) is 6. The van der Waals surface area contributed by atoms with Crippen LogP contribution in [0.1, 0.15) is 64.5 Å². The molecule has 2 unspecified atom stereocenters. The van der Waals surface area contributed by atoms with Gasteiger partial charge in [0, 0.05) is 18.7 Å². The van der Waals surface area contributed by atoms with Crippen molar-refractivity contribution in [2.24, 2.45) is 0 Å². The first-order valence-corrected chi connectivity index (χ1v) is 8.48. The minimum atomic E-state index is -0.231. The third-order valence-electron chi connectivity index (χ3n) is 4.33. The SMILES string of the molecule is C.C.CC(CCO)c1ccc(O)cc1O.CC1CC(=O)Oc2cc(O)ccc21. The highest BCUT2D eigenvalue weighted by atomic mass is 16.5. The molecule has 3 rings (SSSR count). The molecular formula is C22H32O6. The molecule has 0 amide bonds. The topological polar surface area (TPSA) is 107 Å². The number of carbonyl (C=O) groups excluding carboxylic acids is 1. The molecule has 6 nitrogen and oxygen atoms in total. The van der Waals surface area contributed by atoms with Crippen LogP contribution < -0.4 is 4.74 Å². The molecule has 0 aliphatic carbocycles. The van der Waals surface area contributed by atoms with E-state index in [0.29, 0.717) is 18.6 Å². The van der Waals surface area contributed by atoms with Crippen molar-refractivity contribution in [3.63, 3.8) is 0 Å². The van der Waals surface area contributed by atoms with E-state index >= 15 is 0 Å². The first-order valence-electron chi connectivity index (χ1n) is 8.48. The van der Waals surface area contributed by atoms with Crippen molar-refractivity contribution in [3.8, 4) is 23.0 Å². The zero-order chi connectivity index (χ0) is 19.3. The second-order valence-electron chi connectivity index (χ2n) is 6.46. The van der Waals surface area contributed by atoms with Crippen LogP contribution in [-0.2, 0) is 4.79 Å². The van der Waals surface area contributed by atoms with Crippen molar-refractivity contribution in [2.75, 3.05) is 6.61 Å². The zero-order valence-corrected chi connectivity index (χ0v) is 14.8. The molecule has 0 radical (unpaired) electrons. The molecule has 2 atom stereocenters. The van der Waals surface area contributed by atoms with E-state index in [-0.39, 0.29) is 56.5 Å². The summed E-state index contributed by atoms with van der Waals surface area (Å²) < 4.78 is 4.98. The van der Waals surface area contributed by atoms with Crippen LogP contribution in [0.5, 0.6) is 23.0 Å². The highest BCUT2D eigenvalue weighted by Gasteiger charge is 2.23. The van der Waals surface area contributed by atoms with Crippen LogP contribution in [0.2, 0.25) is 0 Å². The third-order valence-corrected chi connectivity index (χ3v) is 4.33. The van der Waals surface area contributed by atoms with Crippen LogP contribution in [0.3, 0.4) is 0 Å². The van der Waals surface area contributed by atoms with Crippen molar-refractivity contribution < 1.29 is 30.0 Å². The molecule has 0 saturated carbocycles. The minimum absolute atomic E-state index is 0. The monoisotopic (exact) mass is 392 g/mol. The van der Waals surface area contributed by atoms with Gasteiger partial charge in [-0.1, -0.05) is 40.8 Å². The Labute approximate surface area is 167 Å². The van der Waals surface area contributed by atoms with E-state index in [1.54, 1.807) is 18.2 Å². The van der Waals surface area contributed by atoms with E-state index in [1.807, 2.05) is 13.8 Å². The molecule has 4 N–H and O–H groups in total. The Bertz CT molecular complexity index is 772.